The van der Waals surface area contributed by atoms with Crippen molar-refractivity contribution in [2.45, 2.75) is 39.2 Å². The van der Waals surface area contributed by atoms with Gasteiger partial charge in [-0.2, -0.15) is 0 Å². The minimum atomic E-state index is -3.28. The van der Waals surface area contributed by atoms with Gasteiger partial charge < -0.3 is 4.74 Å². The summed E-state index contributed by atoms with van der Waals surface area (Å²) in [6.07, 6.45) is 2.70. The quantitative estimate of drug-likeness (QED) is 0.839. The Balaban J connectivity index is 2.07. The van der Waals surface area contributed by atoms with E-state index >= 15 is 0 Å². The third-order valence-corrected chi connectivity index (χ3v) is 5.61. The van der Waals surface area contributed by atoms with Gasteiger partial charge in [0.25, 0.3) is 0 Å². The zero-order chi connectivity index (χ0) is 14.8. The van der Waals surface area contributed by atoms with E-state index < -0.39 is 10.0 Å². The lowest BCUT2D eigenvalue weighted by Crippen LogP contribution is -2.31. The summed E-state index contributed by atoms with van der Waals surface area (Å²) in [7, 11) is -1.66. The highest BCUT2D eigenvalue weighted by molar-refractivity contribution is 7.92. The van der Waals surface area contributed by atoms with E-state index in [0.717, 1.165) is 36.3 Å². The fourth-order valence-corrected chi connectivity index (χ4v) is 3.94. The monoisotopic (exact) mass is 297 g/mol. The van der Waals surface area contributed by atoms with E-state index in [4.69, 9.17) is 4.74 Å². The second kappa shape index (κ2) is 6.14. The second-order valence-electron chi connectivity index (χ2n) is 5.50. The van der Waals surface area contributed by atoms with Crippen molar-refractivity contribution in [3.63, 3.8) is 0 Å². The molecule has 20 heavy (non-hydrogen) atoms. The summed E-state index contributed by atoms with van der Waals surface area (Å²) in [6, 6.07) is 5.81. The molecular weight excluding hydrogens is 274 g/mol. The van der Waals surface area contributed by atoms with Crippen LogP contribution in [0.2, 0.25) is 0 Å². The van der Waals surface area contributed by atoms with Crippen LogP contribution in [-0.2, 0) is 14.8 Å². The van der Waals surface area contributed by atoms with Crippen LogP contribution < -0.4 is 4.31 Å². The van der Waals surface area contributed by atoms with Crippen LogP contribution in [0.5, 0.6) is 0 Å². The number of aryl methyl sites for hydroxylation is 2. The molecule has 1 saturated heterocycles. The summed E-state index contributed by atoms with van der Waals surface area (Å²) in [4.78, 5) is 0. The third kappa shape index (κ3) is 3.52. The molecule has 0 aliphatic carbocycles. The molecule has 1 aliphatic rings. The third-order valence-electron chi connectivity index (χ3n) is 3.83. The van der Waals surface area contributed by atoms with Crippen LogP contribution >= 0.6 is 0 Å². The Morgan fingerprint density at radius 2 is 2.10 bits per heavy atom. The molecule has 2 rings (SSSR count). The van der Waals surface area contributed by atoms with Crippen LogP contribution in [0.15, 0.2) is 18.2 Å². The first-order valence-electron chi connectivity index (χ1n) is 7.05. The molecule has 1 aromatic rings. The number of benzene rings is 1. The van der Waals surface area contributed by atoms with E-state index in [1.54, 1.807) is 7.05 Å². The Hall–Kier alpha value is -1.07. The van der Waals surface area contributed by atoms with Crippen LogP contribution in [0.4, 0.5) is 5.69 Å². The van der Waals surface area contributed by atoms with Crippen molar-refractivity contribution in [1.82, 2.24) is 0 Å². The number of ether oxygens (including phenoxy) is 1. The van der Waals surface area contributed by atoms with Crippen LogP contribution in [-0.4, -0.2) is 33.9 Å². The molecule has 0 radical (unpaired) electrons. The van der Waals surface area contributed by atoms with E-state index in [2.05, 4.69) is 0 Å². The van der Waals surface area contributed by atoms with Gasteiger partial charge in [-0.25, -0.2) is 8.42 Å². The molecule has 0 saturated carbocycles. The van der Waals surface area contributed by atoms with Gasteiger partial charge in [0.05, 0.1) is 17.5 Å². The van der Waals surface area contributed by atoms with Crippen molar-refractivity contribution >= 4 is 15.7 Å². The summed E-state index contributed by atoms with van der Waals surface area (Å²) >= 11 is 0. The molecule has 112 valence electrons. The van der Waals surface area contributed by atoms with Crippen LogP contribution in [0, 0.1) is 13.8 Å². The fraction of sp³-hybridized carbons (Fsp3) is 0.600. The SMILES string of the molecule is Cc1ccc(N(C)S(=O)(=O)CCC2CCCO2)c(C)c1. The second-order valence-corrected chi connectivity index (χ2v) is 7.62. The first-order valence-corrected chi connectivity index (χ1v) is 8.66. The van der Waals surface area contributed by atoms with Crippen LogP contribution in [0.1, 0.15) is 30.4 Å². The van der Waals surface area contributed by atoms with Crippen LogP contribution in [0.25, 0.3) is 0 Å². The Morgan fingerprint density at radius 1 is 1.35 bits per heavy atom. The van der Waals surface area contributed by atoms with Gasteiger partial charge in [-0.15, -0.1) is 0 Å². The number of nitrogens with zero attached hydrogens (tertiary/aromatic N) is 1. The predicted molar refractivity (Wildman–Crippen MR) is 81.7 cm³/mol. The topological polar surface area (TPSA) is 46.6 Å². The Labute approximate surface area is 121 Å². The van der Waals surface area contributed by atoms with Crippen molar-refractivity contribution in [1.29, 1.82) is 0 Å². The number of anilines is 1. The molecule has 1 aliphatic heterocycles. The fourth-order valence-electron chi connectivity index (χ4n) is 2.60. The molecule has 1 aromatic carbocycles. The van der Waals surface area contributed by atoms with Crippen molar-refractivity contribution in [3.05, 3.63) is 29.3 Å². The first kappa shape index (κ1) is 15.3. The van der Waals surface area contributed by atoms with E-state index in [9.17, 15) is 8.42 Å². The minimum absolute atomic E-state index is 0.109. The zero-order valence-electron chi connectivity index (χ0n) is 12.4. The lowest BCUT2D eigenvalue weighted by atomic mass is 10.1. The van der Waals surface area contributed by atoms with Crippen molar-refractivity contribution in [2.24, 2.45) is 0 Å². The maximum Gasteiger partial charge on any atom is 0.235 e. The molecule has 1 heterocycles. The van der Waals surface area contributed by atoms with Crippen molar-refractivity contribution in [3.8, 4) is 0 Å². The standard InChI is InChI=1S/C15H23NO3S/c1-12-6-7-15(13(2)11-12)16(3)20(17,18)10-8-14-5-4-9-19-14/h6-7,11,14H,4-5,8-10H2,1-3H3. The molecule has 0 bridgehead atoms. The molecular formula is C15H23NO3S. The summed E-state index contributed by atoms with van der Waals surface area (Å²) < 4.78 is 31.7. The van der Waals surface area contributed by atoms with Gasteiger partial charge >= 0.3 is 0 Å². The molecule has 1 atom stereocenters. The average Bonchev–Trinajstić information content (AvgIpc) is 2.89. The molecule has 0 N–H and O–H groups in total. The molecule has 4 nitrogen and oxygen atoms in total. The lowest BCUT2D eigenvalue weighted by Gasteiger charge is -2.22. The normalized spacial score (nSPS) is 19.2. The largest absolute Gasteiger partial charge is 0.378 e. The summed E-state index contributed by atoms with van der Waals surface area (Å²) in [5.74, 6) is 0.140. The van der Waals surface area contributed by atoms with Gasteiger partial charge in [0.1, 0.15) is 0 Å². The number of hydrogen-bond donors (Lipinski definition) is 0. The molecule has 0 spiro atoms. The summed E-state index contributed by atoms with van der Waals surface area (Å²) in [6.45, 7) is 4.70. The average molecular weight is 297 g/mol. The van der Waals surface area contributed by atoms with Crippen LogP contribution in [0.3, 0.4) is 0 Å². The molecule has 1 unspecified atom stereocenters. The molecule has 5 heteroatoms. The van der Waals surface area contributed by atoms with Gasteiger partial charge in [-0.1, -0.05) is 17.7 Å². The maximum atomic E-state index is 12.4. The highest BCUT2D eigenvalue weighted by Crippen LogP contribution is 2.24. The van der Waals surface area contributed by atoms with E-state index in [-0.39, 0.29) is 11.9 Å². The van der Waals surface area contributed by atoms with Gasteiger partial charge in [-0.05, 0) is 44.7 Å². The van der Waals surface area contributed by atoms with Gasteiger partial charge in [-0.3, -0.25) is 4.31 Å². The smallest absolute Gasteiger partial charge is 0.235 e. The Bertz CT molecular complexity index is 562. The maximum absolute atomic E-state index is 12.4. The van der Waals surface area contributed by atoms with E-state index in [0.29, 0.717) is 6.42 Å². The van der Waals surface area contributed by atoms with Gasteiger partial charge in [0.2, 0.25) is 10.0 Å². The van der Waals surface area contributed by atoms with E-state index in [1.165, 1.54) is 4.31 Å². The summed E-state index contributed by atoms with van der Waals surface area (Å²) in [5.41, 5.74) is 2.87. The van der Waals surface area contributed by atoms with Gasteiger partial charge in [0.15, 0.2) is 0 Å². The summed E-state index contributed by atoms with van der Waals surface area (Å²) in [5, 5.41) is 0. The van der Waals surface area contributed by atoms with E-state index in [1.807, 2.05) is 32.0 Å². The Kier molecular flexibility index (Phi) is 4.70. The highest BCUT2D eigenvalue weighted by atomic mass is 32.2. The Morgan fingerprint density at radius 3 is 2.70 bits per heavy atom. The first-order chi connectivity index (χ1) is 9.40. The zero-order valence-corrected chi connectivity index (χ0v) is 13.2. The number of sulfonamides is 1. The molecule has 0 aromatic heterocycles. The lowest BCUT2D eigenvalue weighted by molar-refractivity contribution is 0.109. The molecule has 0 amide bonds. The van der Waals surface area contributed by atoms with Crippen molar-refractivity contribution in [2.75, 3.05) is 23.7 Å². The molecule has 1 fully saturated rings. The number of hydrogen-bond acceptors (Lipinski definition) is 3. The minimum Gasteiger partial charge on any atom is -0.378 e. The predicted octanol–water partition coefficient (Wildman–Crippen LogP) is 2.64. The van der Waals surface area contributed by atoms with Gasteiger partial charge in [0, 0.05) is 13.7 Å². The number of rotatable bonds is 5. The van der Waals surface area contributed by atoms with Crippen molar-refractivity contribution < 1.29 is 13.2 Å². The highest BCUT2D eigenvalue weighted by Gasteiger charge is 2.23.